The first-order valence-electron chi connectivity index (χ1n) is 14.7. The number of para-hydroxylation sites is 1. The Morgan fingerprint density at radius 1 is 0.955 bits per heavy atom. The van der Waals surface area contributed by atoms with Gasteiger partial charge in [-0.15, -0.1) is 0 Å². The van der Waals surface area contributed by atoms with Crippen molar-refractivity contribution in [1.29, 1.82) is 0 Å². The van der Waals surface area contributed by atoms with E-state index in [0.717, 1.165) is 66.7 Å². The summed E-state index contributed by atoms with van der Waals surface area (Å²) in [6.45, 7) is 8.45. The maximum Gasteiger partial charge on any atom is 0.416 e. The molecule has 12 heteroatoms. The minimum Gasteiger partial charge on any atom is -0.485 e. The van der Waals surface area contributed by atoms with Crippen molar-refractivity contribution >= 4 is 46.1 Å². The lowest BCUT2D eigenvalue weighted by Gasteiger charge is -2.36. The molecule has 5 rings (SSSR count). The summed E-state index contributed by atoms with van der Waals surface area (Å²) in [5.74, 6) is 0.0146. The number of fused-ring (bicyclic) bond motifs is 2. The number of rotatable bonds is 11. The molecule has 234 valence electrons. The fourth-order valence-electron chi connectivity index (χ4n) is 5.54. The molecule has 1 unspecified atom stereocenters. The molecule has 0 N–H and O–H groups in total. The highest BCUT2D eigenvalue weighted by molar-refractivity contribution is 7.99. The number of hydrogen-bond acceptors (Lipinski definition) is 8. The lowest BCUT2D eigenvalue weighted by molar-refractivity contribution is -0.384. The number of thiocarbonyl (C=S) groups is 1. The quantitative estimate of drug-likeness (QED) is 0.121. The summed E-state index contributed by atoms with van der Waals surface area (Å²) in [4.78, 5) is 19.1. The number of nitro benzene ring substituents is 1. The second kappa shape index (κ2) is 14.3. The van der Waals surface area contributed by atoms with Gasteiger partial charge in [-0.3, -0.25) is 15.0 Å². The first kappa shape index (κ1) is 32.2. The number of anilines is 2. The third-order valence-electron chi connectivity index (χ3n) is 8.02. The lowest BCUT2D eigenvalue weighted by atomic mass is 10.0. The van der Waals surface area contributed by atoms with Gasteiger partial charge in [-0.1, -0.05) is 43.0 Å². The molecule has 0 radical (unpaired) electrons. The van der Waals surface area contributed by atoms with Gasteiger partial charge in [0, 0.05) is 67.1 Å². The first-order chi connectivity index (χ1) is 21.1. The Bertz CT molecular complexity index is 1460. The summed E-state index contributed by atoms with van der Waals surface area (Å²) in [7, 11) is 0. The summed E-state index contributed by atoms with van der Waals surface area (Å²) >= 11 is 7.00. The monoisotopic (exact) mass is 644 g/mol. The minimum absolute atomic E-state index is 0.0146. The SMILES string of the molecule is CC(Cc1ccc([N+](=O)[O-])cc1)C(=S)OCCN1CCN(CCCN2c3ccccc3Sc3ccc(C(F)(F)F)cc32)CC1. The number of non-ortho nitro benzene ring substituents is 1. The summed E-state index contributed by atoms with van der Waals surface area (Å²) in [5, 5.41) is 11.4. The van der Waals surface area contributed by atoms with Crippen LogP contribution in [0.5, 0.6) is 0 Å². The summed E-state index contributed by atoms with van der Waals surface area (Å²) in [6.07, 6.45) is -2.89. The highest BCUT2D eigenvalue weighted by atomic mass is 32.2. The molecule has 2 heterocycles. The molecular weight excluding hydrogens is 610 g/mol. The maximum absolute atomic E-state index is 13.5. The highest BCUT2D eigenvalue weighted by Gasteiger charge is 2.33. The normalized spacial score (nSPS) is 16.2. The van der Waals surface area contributed by atoms with Gasteiger partial charge >= 0.3 is 6.18 Å². The van der Waals surface area contributed by atoms with Crippen molar-refractivity contribution in [3.8, 4) is 0 Å². The third kappa shape index (κ3) is 8.09. The molecule has 0 aliphatic carbocycles. The molecule has 0 amide bonds. The highest BCUT2D eigenvalue weighted by Crippen LogP contribution is 2.49. The van der Waals surface area contributed by atoms with Gasteiger partial charge in [-0.2, -0.15) is 13.2 Å². The van der Waals surface area contributed by atoms with Gasteiger partial charge in [-0.25, -0.2) is 0 Å². The molecule has 3 aromatic carbocycles. The van der Waals surface area contributed by atoms with E-state index in [1.807, 2.05) is 36.1 Å². The van der Waals surface area contributed by atoms with Crippen LogP contribution < -0.4 is 4.90 Å². The Kier molecular flexibility index (Phi) is 10.5. The van der Waals surface area contributed by atoms with E-state index in [1.165, 1.54) is 36.0 Å². The first-order valence-corrected chi connectivity index (χ1v) is 15.9. The van der Waals surface area contributed by atoms with Gasteiger partial charge in [0.05, 0.1) is 21.9 Å². The Hall–Kier alpha value is -3.19. The number of piperazine rings is 1. The van der Waals surface area contributed by atoms with E-state index in [2.05, 4.69) is 9.80 Å². The van der Waals surface area contributed by atoms with Crippen molar-refractivity contribution in [2.45, 2.75) is 35.7 Å². The van der Waals surface area contributed by atoms with Gasteiger partial charge in [0.25, 0.3) is 5.69 Å². The Labute approximate surface area is 265 Å². The molecular formula is C32H35F3N4O3S2. The van der Waals surface area contributed by atoms with E-state index in [4.69, 9.17) is 17.0 Å². The molecule has 2 aliphatic rings. The smallest absolute Gasteiger partial charge is 0.416 e. The molecule has 3 aromatic rings. The number of nitro groups is 1. The van der Waals surface area contributed by atoms with Crippen molar-refractivity contribution in [3.05, 3.63) is 88.0 Å². The van der Waals surface area contributed by atoms with Gasteiger partial charge in [0.1, 0.15) is 6.61 Å². The second-order valence-electron chi connectivity index (χ2n) is 11.1. The average molecular weight is 645 g/mol. The van der Waals surface area contributed by atoms with Crippen LogP contribution in [0.2, 0.25) is 0 Å². The molecule has 0 bridgehead atoms. The molecule has 0 aromatic heterocycles. The van der Waals surface area contributed by atoms with Crippen LogP contribution >= 0.6 is 24.0 Å². The Morgan fingerprint density at radius 3 is 2.30 bits per heavy atom. The predicted molar refractivity (Wildman–Crippen MR) is 171 cm³/mol. The predicted octanol–water partition coefficient (Wildman–Crippen LogP) is 7.45. The fourth-order valence-corrected chi connectivity index (χ4v) is 6.79. The van der Waals surface area contributed by atoms with E-state index in [9.17, 15) is 23.3 Å². The van der Waals surface area contributed by atoms with Crippen LogP contribution in [-0.2, 0) is 17.3 Å². The van der Waals surface area contributed by atoms with Crippen molar-refractivity contribution in [2.24, 2.45) is 5.92 Å². The summed E-state index contributed by atoms with van der Waals surface area (Å²) in [5.41, 5.74) is 1.99. The number of ether oxygens (including phenoxy) is 1. The average Bonchev–Trinajstić information content (AvgIpc) is 3.01. The number of nitrogens with zero attached hydrogens (tertiary/aromatic N) is 4. The largest absolute Gasteiger partial charge is 0.485 e. The summed E-state index contributed by atoms with van der Waals surface area (Å²) < 4.78 is 46.4. The molecule has 2 aliphatic heterocycles. The zero-order valence-corrected chi connectivity index (χ0v) is 26.1. The van der Waals surface area contributed by atoms with Crippen LogP contribution in [0.25, 0.3) is 0 Å². The molecule has 1 saturated heterocycles. The van der Waals surface area contributed by atoms with Crippen LogP contribution in [0.15, 0.2) is 76.5 Å². The van der Waals surface area contributed by atoms with Crippen LogP contribution in [0.3, 0.4) is 0 Å². The second-order valence-corrected chi connectivity index (χ2v) is 12.6. The molecule has 0 saturated carbocycles. The maximum atomic E-state index is 13.5. The van der Waals surface area contributed by atoms with Crippen LogP contribution in [-0.4, -0.2) is 72.2 Å². The van der Waals surface area contributed by atoms with Gasteiger partial charge in [0.2, 0.25) is 0 Å². The van der Waals surface area contributed by atoms with Crippen molar-refractivity contribution < 1.29 is 22.8 Å². The fraction of sp³-hybridized carbons (Fsp3) is 0.406. The van der Waals surface area contributed by atoms with Gasteiger partial charge in [-0.05, 0) is 67.5 Å². The van der Waals surface area contributed by atoms with E-state index in [1.54, 1.807) is 18.2 Å². The molecule has 1 atom stereocenters. The van der Waals surface area contributed by atoms with Crippen LogP contribution in [0, 0.1) is 16.0 Å². The Morgan fingerprint density at radius 2 is 1.61 bits per heavy atom. The van der Waals surface area contributed by atoms with Gasteiger partial charge < -0.3 is 14.5 Å². The summed E-state index contributed by atoms with van der Waals surface area (Å²) in [6, 6.07) is 18.4. The zero-order valence-electron chi connectivity index (χ0n) is 24.5. The molecule has 7 nitrogen and oxygen atoms in total. The topological polar surface area (TPSA) is 62.1 Å². The number of hydrogen-bond donors (Lipinski definition) is 0. The number of alkyl halides is 3. The zero-order chi connectivity index (χ0) is 31.3. The van der Waals surface area contributed by atoms with E-state index in [0.29, 0.717) is 30.3 Å². The van der Waals surface area contributed by atoms with E-state index >= 15 is 0 Å². The number of halogens is 3. The van der Waals surface area contributed by atoms with Crippen LogP contribution in [0.4, 0.5) is 30.2 Å². The van der Waals surface area contributed by atoms with Crippen molar-refractivity contribution in [1.82, 2.24) is 9.80 Å². The van der Waals surface area contributed by atoms with E-state index in [-0.39, 0.29) is 11.6 Å². The third-order valence-corrected chi connectivity index (χ3v) is 9.67. The Balaban J connectivity index is 1.05. The minimum atomic E-state index is -4.38. The molecule has 44 heavy (non-hydrogen) atoms. The number of benzene rings is 3. The van der Waals surface area contributed by atoms with Crippen LogP contribution in [0.1, 0.15) is 24.5 Å². The standard InChI is InChI=1S/C32H35F3N4O3S2/c1-23(21-24-7-10-26(11-8-24)39(40)41)31(43)42-20-19-37-17-15-36(16-18-37)13-4-14-38-27-5-2-3-6-29(27)44-30-12-9-25(22-28(30)38)32(33,34)35/h2-3,5-12,22-23H,4,13-21H2,1H3. The molecule has 0 spiro atoms. The van der Waals surface area contributed by atoms with Gasteiger partial charge in [0.15, 0.2) is 5.05 Å². The van der Waals surface area contributed by atoms with Crippen molar-refractivity contribution in [3.63, 3.8) is 0 Å². The van der Waals surface area contributed by atoms with E-state index < -0.39 is 16.7 Å². The lowest BCUT2D eigenvalue weighted by Crippen LogP contribution is -2.47. The molecule has 1 fully saturated rings. The van der Waals surface area contributed by atoms with Crippen molar-refractivity contribution in [2.75, 3.05) is 57.3 Å².